The average Bonchev–Trinajstić information content (AvgIpc) is 2.47. The molecule has 0 saturated carbocycles. The second kappa shape index (κ2) is 8.76. The van der Waals surface area contributed by atoms with Crippen LogP contribution in [0.5, 0.6) is 0 Å². The lowest BCUT2D eigenvalue weighted by Crippen LogP contribution is -2.42. The Kier molecular flexibility index (Phi) is 7.01. The highest BCUT2D eigenvalue weighted by Gasteiger charge is 2.22. The molecule has 1 aromatic rings. The Bertz CT molecular complexity index is 546. The van der Waals surface area contributed by atoms with Gasteiger partial charge in [-0.25, -0.2) is 9.18 Å². The second-order valence-corrected chi connectivity index (χ2v) is 4.56. The number of nitrogens with one attached hydrogen (secondary N) is 1. The molecule has 0 radical (unpaired) electrons. The number of benzene rings is 1. The number of carbonyl (C=O) groups excluding carboxylic acids is 2. The van der Waals surface area contributed by atoms with E-state index in [-0.39, 0.29) is 31.4 Å². The van der Waals surface area contributed by atoms with Crippen LogP contribution in [0.15, 0.2) is 24.3 Å². The van der Waals surface area contributed by atoms with Crippen LogP contribution >= 0.6 is 0 Å². The lowest BCUT2D eigenvalue weighted by atomic mass is 10.1. The monoisotopic (exact) mass is 311 g/mol. The number of amides is 1. The van der Waals surface area contributed by atoms with Gasteiger partial charge in [0, 0.05) is 12.8 Å². The third-order valence-electron chi connectivity index (χ3n) is 2.88. The van der Waals surface area contributed by atoms with Gasteiger partial charge in [0.1, 0.15) is 11.9 Å². The highest BCUT2D eigenvalue weighted by Crippen LogP contribution is 2.09. The zero-order valence-corrected chi connectivity index (χ0v) is 12.2. The third-order valence-corrected chi connectivity index (χ3v) is 2.88. The van der Waals surface area contributed by atoms with Gasteiger partial charge in [0.05, 0.1) is 13.0 Å². The summed E-state index contributed by atoms with van der Waals surface area (Å²) in [5.74, 6) is -2.93. The van der Waals surface area contributed by atoms with Crippen molar-refractivity contribution in [1.82, 2.24) is 5.32 Å². The Balaban J connectivity index is 2.58. The maximum absolute atomic E-state index is 13.5. The smallest absolute Gasteiger partial charge is 0.326 e. The minimum absolute atomic E-state index is 0.133. The Labute approximate surface area is 127 Å². The summed E-state index contributed by atoms with van der Waals surface area (Å²) >= 11 is 0. The SMILES string of the molecule is CCOC(=O)CCC(=O)N[C@@H](Cc1ccccc1F)C(=O)O. The molecule has 1 atom stereocenters. The molecular weight excluding hydrogens is 293 g/mol. The maximum Gasteiger partial charge on any atom is 0.326 e. The van der Waals surface area contributed by atoms with E-state index in [2.05, 4.69) is 10.1 Å². The van der Waals surface area contributed by atoms with Crippen LogP contribution in [-0.4, -0.2) is 35.6 Å². The van der Waals surface area contributed by atoms with Crippen molar-refractivity contribution in [3.8, 4) is 0 Å². The number of carboxylic acids is 1. The van der Waals surface area contributed by atoms with Crippen molar-refractivity contribution in [3.63, 3.8) is 0 Å². The van der Waals surface area contributed by atoms with Gasteiger partial charge < -0.3 is 15.2 Å². The molecule has 1 amide bonds. The lowest BCUT2D eigenvalue weighted by molar-refractivity contribution is -0.144. The number of hydrogen-bond donors (Lipinski definition) is 2. The molecule has 0 unspecified atom stereocenters. The molecule has 0 aliphatic rings. The number of carboxylic acid groups (broad SMARTS) is 1. The Morgan fingerprint density at radius 2 is 1.95 bits per heavy atom. The first-order valence-electron chi connectivity index (χ1n) is 6.85. The molecule has 0 bridgehead atoms. The molecule has 0 aromatic heterocycles. The Hall–Kier alpha value is -2.44. The Morgan fingerprint density at radius 3 is 2.55 bits per heavy atom. The number of esters is 1. The number of carbonyl (C=O) groups is 3. The van der Waals surface area contributed by atoms with Crippen molar-refractivity contribution < 1.29 is 28.6 Å². The molecule has 120 valence electrons. The van der Waals surface area contributed by atoms with Crippen LogP contribution in [-0.2, 0) is 25.5 Å². The van der Waals surface area contributed by atoms with Crippen LogP contribution < -0.4 is 5.32 Å². The third kappa shape index (κ3) is 5.90. The van der Waals surface area contributed by atoms with E-state index in [4.69, 9.17) is 5.11 Å². The summed E-state index contributed by atoms with van der Waals surface area (Å²) in [6, 6.07) is 4.49. The van der Waals surface area contributed by atoms with E-state index in [1.807, 2.05) is 0 Å². The first-order chi connectivity index (χ1) is 10.4. The normalized spacial score (nSPS) is 11.5. The predicted molar refractivity (Wildman–Crippen MR) is 75.5 cm³/mol. The zero-order valence-electron chi connectivity index (χ0n) is 12.2. The molecule has 0 aliphatic carbocycles. The maximum atomic E-state index is 13.5. The number of rotatable bonds is 8. The van der Waals surface area contributed by atoms with Crippen molar-refractivity contribution in [2.45, 2.75) is 32.2 Å². The van der Waals surface area contributed by atoms with E-state index in [0.29, 0.717) is 0 Å². The fourth-order valence-electron chi connectivity index (χ4n) is 1.80. The van der Waals surface area contributed by atoms with Gasteiger partial charge >= 0.3 is 11.9 Å². The van der Waals surface area contributed by atoms with E-state index >= 15 is 0 Å². The topological polar surface area (TPSA) is 92.7 Å². The van der Waals surface area contributed by atoms with Gasteiger partial charge in [0.2, 0.25) is 5.91 Å². The van der Waals surface area contributed by atoms with Crippen LogP contribution in [0.1, 0.15) is 25.3 Å². The fourth-order valence-corrected chi connectivity index (χ4v) is 1.80. The van der Waals surface area contributed by atoms with Gasteiger partial charge in [-0.15, -0.1) is 0 Å². The quantitative estimate of drug-likeness (QED) is 0.706. The summed E-state index contributed by atoms with van der Waals surface area (Å²) in [4.78, 5) is 34.0. The summed E-state index contributed by atoms with van der Waals surface area (Å²) in [5.41, 5.74) is 0.195. The highest BCUT2D eigenvalue weighted by atomic mass is 19.1. The number of halogens is 1. The zero-order chi connectivity index (χ0) is 16.5. The summed E-state index contributed by atoms with van der Waals surface area (Å²) in [7, 11) is 0. The molecule has 0 fully saturated rings. The summed E-state index contributed by atoms with van der Waals surface area (Å²) < 4.78 is 18.2. The minimum atomic E-state index is -1.27. The van der Waals surface area contributed by atoms with Crippen molar-refractivity contribution in [3.05, 3.63) is 35.6 Å². The van der Waals surface area contributed by atoms with E-state index in [9.17, 15) is 18.8 Å². The van der Waals surface area contributed by atoms with Gasteiger partial charge in [0.25, 0.3) is 0 Å². The minimum Gasteiger partial charge on any atom is -0.480 e. The van der Waals surface area contributed by atoms with Crippen molar-refractivity contribution in [1.29, 1.82) is 0 Å². The van der Waals surface area contributed by atoms with Crippen molar-refractivity contribution in [2.75, 3.05) is 6.61 Å². The molecule has 0 spiro atoms. The molecule has 0 aliphatic heterocycles. The van der Waals surface area contributed by atoms with E-state index in [0.717, 1.165) is 0 Å². The summed E-state index contributed by atoms with van der Waals surface area (Å²) in [6.45, 7) is 1.86. The van der Waals surface area contributed by atoms with Gasteiger partial charge in [-0.1, -0.05) is 18.2 Å². The first kappa shape index (κ1) is 17.6. The highest BCUT2D eigenvalue weighted by molar-refractivity contribution is 5.85. The van der Waals surface area contributed by atoms with Gasteiger partial charge in [-0.05, 0) is 18.6 Å². The Morgan fingerprint density at radius 1 is 1.27 bits per heavy atom. The van der Waals surface area contributed by atoms with Crippen molar-refractivity contribution >= 4 is 17.8 Å². The number of ether oxygens (including phenoxy) is 1. The molecule has 1 aromatic carbocycles. The first-order valence-corrected chi connectivity index (χ1v) is 6.85. The molecule has 1 rings (SSSR count). The average molecular weight is 311 g/mol. The second-order valence-electron chi connectivity index (χ2n) is 4.56. The molecule has 0 saturated heterocycles. The molecule has 7 heteroatoms. The fraction of sp³-hybridized carbons (Fsp3) is 0.400. The molecule has 6 nitrogen and oxygen atoms in total. The number of hydrogen-bond acceptors (Lipinski definition) is 4. The molecular formula is C15H18FNO5. The van der Waals surface area contributed by atoms with E-state index < -0.39 is 29.7 Å². The molecule has 22 heavy (non-hydrogen) atoms. The van der Waals surface area contributed by atoms with Crippen molar-refractivity contribution in [2.24, 2.45) is 0 Å². The van der Waals surface area contributed by atoms with Crippen LogP contribution in [0.4, 0.5) is 4.39 Å². The standard InChI is InChI=1S/C15H18FNO5/c1-2-22-14(19)8-7-13(18)17-12(15(20)21)9-10-5-3-4-6-11(10)16/h3-6,12H,2,7-9H2,1H3,(H,17,18)(H,20,21)/t12-/m0/s1. The molecule has 2 N–H and O–H groups in total. The van der Waals surface area contributed by atoms with Crippen LogP contribution in [0.25, 0.3) is 0 Å². The van der Waals surface area contributed by atoms with Gasteiger partial charge in [-0.2, -0.15) is 0 Å². The summed E-state index contributed by atoms with van der Waals surface area (Å²) in [6.07, 6.45) is -0.487. The van der Waals surface area contributed by atoms with Crippen LogP contribution in [0.3, 0.4) is 0 Å². The largest absolute Gasteiger partial charge is 0.480 e. The summed E-state index contributed by atoms with van der Waals surface area (Å²) in [5, 5.41) is 11.4. The van der Waals surface area contributed by atoms with Crippen LogP contribution in [0.2, 0.25) is 0 Å². The lowest BCUT2D eigenvalue weighted by Gasteiger charge is -2.15. The van der Waals surface area contributed by atoms with Gasteiger partial charge in [-0.3, -0.25) is 9.59 Å². The van der Waals surface area contributed by atoms with Gasteiger partial charge in [0.15, 0.2) is 0 Å². The van der Waals surface area contributed by atoms with Crippen LogP contribution in [0, 0.1) is 5.82 Å². The van der Waals surface area contributed by atoms with E-state index in [1.54, 1.807) is 13.0 Å². The van der Waals surface area contributed by atoms with E-state index in [1.165, 1.54) is 18.2 Å². The number of aliphatic carboxylic acids is 1. The predicted octanol–water partition coefficient (Wildman–Crippen LogP) is 1.28. The molecule has 0 heterocycles.